The molecule has 0 saturated heterocycles. The van der Waals surface area contributed by atoms with Gasteiger partial charge in [-0.2, -0.15) is 13.2 Å². The third kappa shape index (κ3) is 3.64. The molecule has 1 aromatic heterocycles. The summed E-state index contributed by atoms with van der Waals surface area (Å²) in [6, 6.07) is 7.55. The Morgan fingerprint density at radius 3 is 2.74 bits per heavy atom. The maximum Gasteiger partial charge on any atom is 0.401 e. The SMILES string of the molecule is COc1ccc2c(ccn2CCNCC(F)(F)F)c1. The zero-order valence-corrected chi connectivity index (χ0v) is 10.5. The smallest absolute Gasteiger partial charge is 0.401 e. The summed E-state index contributed by atoms with van der Waals surface area (Å²) < 4.78 is 43.0. The fourth-order valence-electron chi connectivity index (χ4n) is 1.93. The van der Waals surface area contributed by atoms with E-state index in [0.717, 1.165) is 16.7 Å². The van der Waals surface area contributed by atoms with Crippen molar-refractivity contribution < 1.29 is 17.9 Å². The van der Waals surface area contributed by atoms with Crippen molar-refractivity contribution in [3.63, 3.8) is 0 Å². The van der Waals surface area contributed by atoms with Crippen LogP contribution in [0.5, 0.6) is 5.75 Å². The zero-order valence-electron chi connectivity index (χ0n) is 10.5. The predicted molar refractivity (Wildman–Crippen MR) is 67.4 cm³/mol. The van der Waals surface area contributed by atoms with E-state index in [1.807, 2.05) is 35.0 Å². The van der Waals surface area contributed by atoms with Crippen molar-refractivity contribution in [1.82, 2.24) is 9.88 Å². The van der Waals surface area contributed by atoms with E-state index in [-0.39, 0.29) is 6.54 Å². The number of nitrogens with zero attached hydrogens (tertiary/aromatic N) is 1. The molecule has 2 rings (SSSR count). The van der Waals surface area contributed by atoms with E-state index in [4.69, 9.17) is 4.74 Å². The first-order valence-electron chi connectivity index (χ1n) is 5.90. The van der Waals surface area contributed by atoms with Crippen LogP contribution in [0.2, 0.25) is 0 Å². The van der Waals surface area contributed by atoms with Crippen LogP contribution in [0, 0.1) is 0 Å². The van der Waals surface area contributed by atoms with Crippen molar-refractivity contribution in [2.45, 2.75) is 12.7 Å². The van der Waals surface area contributed by atoms with Crippen LogP contribution in [0.4, 0.5) is 13.2 Å². The molecule has 2 aromatic rings. The first-order valence-corrected chi connectivity index (χ1v) is 5.90. The van der Waals surface area contributed by atoms with Crippen LogP contribution in [0.1, 0.15) is 0 Å². The molecule has 0 aliphatic heterocycles. The third-order valence-corrected chi connectivity index (χ3v) is 2.83. The number of halogens is 3. The van der Waals surface area contributed by atoms with Crippen LogP contribution >= 0.6 is 0 Å². The van der Waals surface area contributed by atoms with Crippen LogP contribution in [0.25, 0.3) is 10.9 Å². The van der Waals surface area contributed by atoms with E-state index in [9.17, 15) is 13.2 Å². The molecule has 0 unspecified atom stereocenters. The number of nitrogens with one attached hydrogen (secondary N) is 1. The van der Waals surface area contributed by atoms with E-state index in [1.54, 1.807) is 7.11 Å². The molecule has 0 atom stereocenters. The summed E-state index contributed by atoms with van der Waals surface area (Å²) >= 11 is 0. The van der Waals surface area contributed by atoms with Gasteiger partial charge in [0.25, 0.3) is 0 Å². The molecule has 104 valence electrons. The molecular formula is C13H15F3N2O. The Morgan fingerprint density at radius 1 is 1.26 bits per heavy atom. The van der Waals surface area contributed by atoms with Gasteiger partial charge < -0.3 is 14.6 Å². The van der Waals surface area contributed by atoms with Gasteiger partial charge in [0, 0.05) is 30.2 Å². The Labute approximate surface area is 109 Å². The molecule has 19 heavy (non-hydrogen) atoms. The second-order valence-electron chi connectivity index (χ2n) is 4.23. The van der Waals surface area contributed by atoms with Crippen LogP contribution in [0.15, 0.2) is 30.5 Å². The largest absolute Gasteiger partial charge is 0.497 e. The van der Waals surface area contributed by atoms with Gasteiger partial charge in [-0.15, -0.1) is 0 Å². The molecular weight excluding hydrogens is 257 g/mol. The van der Waals surface area contributed by atoms with E-state index in [2.05, 4.69) is 5.32 Å². The van der Waals surface area contributed by atoms with Crippen molar-refractivity contribution in [3.8, 4) is 5.75 Å². The third-order valence-electron chi connectivity index (χ3n) is 2.83. The Kier molecular flexibility index (Phi) is 3.99. The first kappa shape index (κ1) is 13.7. The number of alkyl halides is 3. The normalized spacial score (nSPS) is 12.0. The number of benzene rings is 1. The van der Waals surface area contributed by atoms with Crippen LogP contribution < -0.4 is 10.1 Å². The molecule has 1 aromatic carbocycles. The van der Waals surface area contributed by atoms with E-state index in [0.29, 0.717) is 6.54 Å². The van der Waals surface area contributed by atoms with Crippen molar-refractivity contribution >= 4 is 10.9 Å². The number of methoxy groups -OCH3 is 1. The summed E-state index contributed by atoms with van der Waals surface area (Å²) in [6.07, 6.45) is -2.30. The maximum absolute atomic E-state index is 12.0. The lowest BCUT2D eigenvalue weighted by Crippen LogP contribution is -2.31. The minimum atomic E-state index is -4.16. The van der Waals surface area contributed by atoms with Crippen molar-refractivity contribution in [2.24, 2.45) is 0 Å². The summed E-state index contributed by atoms with van der Waals surface area (Å²) in [5.74, 6) is 0.764. The minimum Gasteiger partial charge on any atom is -0.497 e. The van der Waals surface area contributed by atoms with Crippen molar-refractivity contribution in [1.29, 1.82) is 0 Å². The maximum atomic E-state index is 12.0. The van der Waals surface area contributed by atoms with Crippen LogP contribution in [-0.2, 0) is 6.54 Å². The fraction of sp³-hybridized carbons (Fsp3) is 0.385. The summed E-state index contributed by atoms with van der Waals surface area (Å²) in [4.78, 5) is 0. The number of ether oxygens (including phenoxy) is 1. The van der Waals surface area contributed by atoms with Gasteiger partial charge in [-0.1, -0.05) is 0 Å². The highest BCUT2D eigenvalue weighted by atomic mass is 19.4. The number of hydrogen-bond donors (Lipinski definition) is 1. The zero-order chi connectivity index (χ0) is 13.9. The fourth-order valence-corrected chi connectivity index (χ4v) is 1.93. The number of aromatic nitrogens is 1. The second-order valence-corrected chi connectivity index (χ2v) is 4.23. The number of fused-ring (bicyclic) bond motifs is 1. The average molecular weight is 272 g/mol. The molecule has 0 saturated carbocycles. The average Bonchev–Trinajstić information content (AvgIpc) is 2.75. The molecule has 0 fully saturated rings. The topological polar surface area (TPSA) is 26.2 Å². The highest BCUT2D eigenvalue weighted by Crippen LogP contribution is 2.21. The Balaban J connectivity index is 1.98. The van der Waals surface area contributed by atoms with Gasteiger partial charge in [-0.25, -0.2) is 0 Å². The summed E-state index contributed by atoms with van der Waals surface area (Å²) in [5, 5.41) is 3.39. The first-order chi connectivity index (χ1) is 8.99. The number of hydrogen-bond acceptors (Lipinski definition) is 2. The van der Waals surface area contributed by atoms with Gasteiger partial charge >= 0.3 is 6.18 Å². The lowest BCUT2D eigenvalue weighted by Gasteiger charge is -2.09. The quantitative estimate of drug-likeness (QED) is 0.847. The van der Waals surface area contributed by atoms with E-state index >= 15 is 0 Å². The molecule has 0 aliphatic carbocycles. The Bertz CT molecular complexity index is 548. The van der Waals surface area contributed by atoms with Gasteiger partial charge in [-0.3, -0.25) is 0 Å². The molecule has 6 heteroatoms. The van der Waals surface area contributed by atoms with Gasteiger partial charge in [-0.05, 0) is 24.3 Å². The van der Waals surface area contributed by atoms with Gasteiger partial charge in [0.1, 0.15) is 5.75 Å². The molecule has 1 heterocycles. The molecule has 0 spiro atoms. The van der Waals surface area contributed by atoms with Gasteiger partial charge in [0.2, 0.25) is 0 Å². The van der Waals surface area contributed by atoms with Crippen molar-refractivity contribution in [2.75, 3.05) is 20.2 Å². The standard InChI is InChI=1S/C13H15F3N2O/c1-19-11-2-3-12-10(8-11)4-6-18(12)7-5-17-9-13(14,15)16/h2-4,6,8,17H,5,7,9H2,1H3. The van der Waals surface area contributed by atoms with E-state index in [1.165, 1.54) is 0 Å². The molecule has 0 aliphatic rings. The van der Waals surface area contributed by atoms with Crippen molar-refractivity contribution in [3.05, 3.63) is 30.5 Å². The summed E-state index contributed by atoms with van der Waals surface area (Å²) in [7, 11) is 1.60. The highest BCUT2D eigenvalue weighted by molar-refractivity contribution is 5.81. The summed E-state index contributed by atoms with van der Waals surface area (Å²) in [5.41, 5.74) is 0.981. The molecule has 3 nitrogen and oxygen atoms in total. The lowest BCUT2D eigenvalue weighted by molar-refractivity contribution is -0.124. The Hall–Kier alpha value is -1.69. The molecule has 0 amide bonds. The second kappa shape index (κ2) is 5.52. The monoisotopic (exact) mass is 272 g/mol. The Morgan fingerprint density at radius 2 is 2.05 bits per heavy atom. The molecule has 0 bridgehead atoms. The van der Waals surface area contributed by atoms with Crippen LogP contribution in [0.3, 0.4) is 0 Å². The van der Waals surface area contributed by atoms with Crippen LogP contribution in [-0.4, -0.2) is 30.9 Å². The lowest BCUT2D eigenvalue weighted by atomic mass is 10.2. The molecule has 0 radical (unpaired) electrons. The van der Waals surface area contributed by atoms with Gasteiger partial charge in [0.15, 0.2) is 0 Å². The summed E-state index contributed by atoms with van der Waals surface area (Å²) in [6.45, 7) is -0.193. The number of rotatable bonds is 5. The predicted octanol–water partition coefficient (Wildman–Crippen LogP) is 2.80. The molecule has 1 N–H and O–H groups in total. The highest BCUT2D eigenvalue weighted by Gasteiger charge is 2.25. The van der Waals surface area contributed by atoms with Gasteiger partial charge in [0.05, 0.1) is 13.7 Å². The minimum absolute atomic E-state index is 0.273. The van der Waals surface area contributed by atoms with E-state index < -0.39 is 12.7 Å².